The Kier molecular flexibility index (Phi) is 5.05. The van der Waals surface area contributed by atoms with Crippen molar-refractivity contribution in [2.45, 2.75) is 26.5 Å². The largest absolute Gasteiger partial charge is 0.286 e. The molecule has 3 nitrogen and oxygen atoms in total. The summed E-state index contributed by atoms with van der Waals surface area (Å²) in [5, 5.41) is 0.833. The molecule has 0 spiro atoms. The summed E-state index contributed by atoms with van der Waals surface area (Å²) >= 11 is 1.64. The zero-order chi connectivity index (χ0) is 17.1. The van der Waals surface area contributed by atoms with Gasteiger partial charge in [0.15, 0.2) is 5.17 Å². The smallest absolute Gasteiger partial charge is 0.259 e. The molecule has 3 rings (SSSR count). The van der Waals surface area contributed by atoms with E-state index in [4.69, 9.17) is 0 Å². The van der Waals surface area contributed by atoms with Crippen LogP contribution in [0.2, 0.25) is 0 Å². The fourth-order valence-corrected chi connectivity index (χ4v) is 3.83. The number of aliphatic imine (C=N–C) groups is 1. The maximum absolute atomic E-state index is 12.8. The monoisotopic (exact) mass is 338 g/mol. The third kappa shape index (κ3) is 3.88. The van der Waals surface area contributed by atoms with Crippen LogP contribution in [0.25, 0.3) is 0 Å². The molecule has 124 valence electrons. The van der Waals surface area contributed by atoms with Gasteiger partial charge in [-0.2, -0.15) is 0 Å². The lowest BCUT2D eigenvalue weighted by Crippen LogP contribution is -2.33. The van der Waals surface area contributed by atoms with E-state index in [-0.39, 0.29) is 5.91 Å². The first-order valence-corrected chi connectivity index (χ1v) is 9.14. The van der Waals surface area contributed by atoms with Crippen molar-refractivity contribution in [1.29, 1.82) is 0 Å². The van der Waals surface area contributed by atoms with Crippen molar-refractivity contribution in [3.63, 3.8) is 0 Å². The zero-order valence-electron chi connectivity index (χ0n) is 14.4. The number of rotatable bonds is 3. The van der Waals surface area contributed by atoms with Gasteiger partial charge in [0, 0.05) is 17.9 Å². The number of thioether (sulfide) groups is 1. The second kappa shape index (κ2) is 7.22. The molecular weight excluding hydrogens is 316 g/mol. The molecule has 1 amide bonds. The first-order valence-electron chi connectivity index (χ1n) is 8.16. The summed E-state index contributed by atoms with van der Waals surface area (Å²) in [4.78, 5) is 19.2. The molecule has 0 saturated carbocycles. The van der Waals surface area contributed by atoms with Crippen LogP contribution in [-0.4, -0.2) is 29.1 Å². The Hall–Kier alpha value is -2.07. The van der Waals surface area contributed by atoms with Crippen LogP contribution >= 0.6 is 11.8 Å². The molecule has 1 aliphatic rings. The highest BCUT2D eigenvalue weighted by atomic mass is 32.2. The molecule has 24 heavy (non-hydrogen) atoms. The number of nitrogens with zero attached hydrogens (tertiary/aromatic N) is 2. The van der Waals surface area contributed by atoms with E-state index in [0.717, 1.165) is 27.6 Å². The van der Waals surface area contributed by atoms with Crippen LogP contribution in [0.15, 0.2) is 47.5 Å². The van der Waals surface area contributed by atoms with E-state index in [1.54, 1.807) is 11.8 Å². The van der Waals surface area contributed by atoms with Crippen LogP contribution in [0.5, 0.6) is 0 Å². The quantitative estimate of drug-likeness (QED) is 0.833. The van der Waals surface area contributed by atoms with Crippen molar-refractivity contribution in [2.75, 3.05) is 13.1 Å². The highest BCUT2D eigenvalue weighted by molar-refractivity contribution is 8.13. The highest BCUT2D eigenvalue weighted by Crippen LogP contribution is 2.22. The van der Waals surface area contributed by atoms with Gasteiger partial charge in [0.2, 0.25) is 0 Å². The van der Waals surface area contributed by atoms with Gasteiger partial charge >= 0.3 is 0 Å². The van der Waals surface area contributed by atoms with Gasteiger partial charge in [-0.15, -0.1) is 0 Å². The molecule has 0 unspecified atom stereocenters. The first kappa shape index (κ1) is 16.8. The lowest BCUT2D eigenvalue weighted by atomic mass is 10.1. The van der Waals surface area contributed by atoms with Gasteiger partial charge in [-0.1, -0.05) is 58.8 Å². The second-order valence-electron chi connectivity index (χ2n) is 6.27. The van der Waals surface area contributed by atoms with E-state index in [1.165, 1.54) is 11.1 Å². The SMILES string of the molecule is Cc1ccc(CSC2=NCCN2C(=O)c2cc(C)cc(C)c2)cc1. The standard InChI is InChI=1S/C20H22N2OS/c1-14-4-6-17(7-5-14)13-24-20-21-8-9-22(20)19(23)18-11-15(2)10-16(3)12-18/h4-7,10-12H,8-9,13H2,1-3H3. The Bertz CT molecular complexity index is 760. The molecule has 0 radical (unpaired) electrons. The summed E-state index contributed by atoms with van der Waals surface area (Å²) in [6.07, 6.45) is 0. The molecule has 0 bridgehead atoms. The van der Waals surface area contributed by atoms with Crippen LogP contribution in [0, 0.1) is 20.8 Å². The normalized spacial score (nSPS) is 14.0. The van der Waals surface area contributed by atoms with E-state index < -0.39 is 0 Å². The minimum Gasteiger partial charge on any atom is -0.286 e. The van der Waals surface area contributed by atoms with Crippen molar-refractivity contribution in [3.05, 3.63) is 70.3 Å². The predicted octanol–water partition coefficient (Wildman–Crippen LogP) is 4.36. The maximum Gasteiger partial charge on any atom is 0.259 e. The lowest BCUT2D eigenvalue weighted by Gasteiger charge is -2.18. The molecule has 0 atom stereocenters. The Labute approximate surface area is 147 Å². The Morgan fingerprint density at radius 1 is 1.04 bits per heavy atom. The molecule has 1 heterocycles. The van der Waals surface area contributed by atoms with Gasteiger partial charge in [-0.25, -0.2) is 0 Å². The predicted molar refractivity (Wildman–Crippen MR) is 102 cm³/mol. The summed E-state index contributed by atoms with van der Waals surface area (Å²) in [5.74, 6) is 0.880. The van der Waals surface area contributed by atoms with Crippen molar-refractivity contribution in [3.8, 4) is 0 Å². The average molecular weight is 338 g/mol. The fourth-order valence-electron chi connectivity index (χ4n) is 2.82. The molecule has 0 fully saturated rings. The first-order chi connectivity index (χ1) is 11.5. The van der Waals surface area contributed by atoms with Gasteiger partial charge in [0.05, 0.1) is 6.54 Å². The minimum atomic E-state index is 0.0504. The third-order valence-corrected chi connectivity index (χ3v) is 5.09. The number of hydrogen-bond acceptors (Lipinski definition) is 3. The number of carbonyl (C=O) groups is 1. The van der Waals surface area contributed by atoms with Gasteiger partial charge in [0.1, 0.15) is 0 Å². The Morgan fingerprint density at radius 3 is 2.38 bits per heavy atom. The van der Waals surface area contributed by atoms with Crippen molar-refractivity contribution >= 4 is 22.8 Å². The van der Waals surface area contributed by atoms with Crippen LogP contribution in [0.3, 0.4) is 0 Å². The molecule has 1 aliphatic heterocycles. The molecule has 2 aromatic rings. The molecule has 2 aromatic carbocycles. The number of carbonyl (C=O) groups excluding carboxylic acids is 1. The molecule has 0 saturated heterocycles. The van der Waals surface area contributed by atoms with Crippen LogP contribution in [0.4, 0.5) is 0 Å². The molecule has 4 heteroatoms. The van der Waals surface area contributed by atoms with E-state index in [2.05, 4.69) is 42.2 Å². The van der Waals surface area contributed by atoms with E-state index in [0.29, 0.717) is 13.1 Å². The van der Waals surface area contributed by atoms with Gasteiger partial charge in [-0.05, 0) is 38.5 Å². The molecule has 0 N–H and O–H groups in total. The minimum absolute atomic E-state index is 0.0504. The fraction of sp³-hybridized carbons (Fsp3) is 0.300. The summed E-state index contributed by atoms with van der Waals surface area (Å²) in [5.41, 5.74) is 5.48. The summed E-state index contributed by atoms with van der Waals surface area (Å²) in [6.45, 7) is 7.49. The maximum atomic E-state index is 12.8. The van der Waals surface area contributed by atoms with Crippen molar-refractivity contribution in [1.82, 2.24) is 4.90 Å². The average Bonchev–Trinajstić information content (AvgIpc) is 3.01. The number of amides is 1. The third-order valence-electron chi connectivity index (χ3n) is 4.00. The van der Waals surface area contributed by atoms with Crippen LogP contribution < -0.4 is 0 Å². The highest BCUT2D eigenvalue weighted by Gasteiger charge is 2.25. The summed E-state index contributed by atoms with van der Waals surface area (Å²) < 4.78 is 0. The van der Waals surface area contributed by atoms with Crippen molar-refractivity contribution < 1.29 is 4.79 Å². The number of benzene rings is 2. The van der Waals surface area contributed by atoms with Gasteiger partial charge in [-0.3, -0.25) is 14.7 Å². The molecule has 0 aliphatic carbocycles. The number of hydrogen-bond donors (Lipinski definition) is 0. The molecular formula is C20H22N2OS. The number of amidine groups is 1. The molecule has 0 aromatic heterocycles. The summed E-state index contributed by atoms with van der Waals surface area (Å²) in [7, 11) is 0. The van der Waals surface area contributed by atoms with E-state index >= 15 is 0 Å². The van der Waals surface area contributed by atoms with Crippen LogP contribution in [0.1, 0.15) is 32.6 Å². The number of aryl methyl sites for hydroxylation is 3. The lowest BCUT2D eigenvalue weighted by molar-refractivity contribution is 0.0860. The topological polar surface area (TPSA) is 32.7 Å². The van der Waals surface area contributed by atoms with Gasteiger partial charge < -0.3 is 0 Å². The zero-order valence-corrected chi connectivity index (χ0v) is 15.2. The second-order valence-corrected chi connectivity index (χ2v) is 7.21. The Balaban J connectivity index is 1.70. The summed E-state index contributed by atoms with van der Waals surface area (Å²) in [6, 6.07) is 14.5. The van der Waals surface area contributed by atoms with Crippen LogP contribution in [-0.2, 0) is 5.75 Å². The Morgan fingerprint density at radius 2 is 1.71 bits per heavy atom. The van der Waals surface area contributed by atoms with Gasteiger partial charge in [0.25, 0.3) is 5.91 Å². The van der Waals surface area contributed by atoms with Crippen molar-refractivity contribution in [2.24, 2.45) is 4.99 Å². The van der Waals surface area contributed by atoms with E-state index in [1.807, 2.05) is 30.9 Å². The van der Waals surface area contributed by atoms with E-state index in [9.17, 15) is 4.79 Å².